The zero-order valence-electron chi connectivity index (χ0n) is 13.4. The van der Waals surface area contributed by atoms with Gasteiger partial charge in [-0.15, -0.1) is 0 Å². The Bertz CT molecular complexity index is 268. The summed E-state index contributed by atoms with van der Waals surface area (Å²) in [7, 11) is 3.10. The van der Waals surface area contributed by atoms with Crippen LogP contribution in [0.5, 0.6) is 0 Å². The molecule has 0 aromatic heterocycles. The first-order chi connectivity index (χ1) is 11.2. The number of hydrogen-bond acceptors (Lipinski definition) is 10. The van der Waals surface area contributed by atoms with Gasteiger partial charge in [-0.25, -0.2) is 9.59 Å². The Morgan fingerprint density at radius 1 is 0.565 bits per heavy atom. The summed E-state index contributed by atoms with van der Waals surface area (Å²) in [5, 5.41) is 0. The number of methoxy groups -OCH3 is 2. The quantitative estimate of drug-likeness (QED) is 0.253. The van der Waals surface area contributed by atoms with Gasteiger partial charge in [0, 0.05) is 14.2 Å². The average molecular weight is 340 g/mol. The molecule has 0 amide bonds. The zero-order chi connectivity index (χ0) is 17.2. The van der Waals surface area contributed by atoms with E-state index in [0.717, 1.165) is 0 Å². The molecule has 0 unspecified atom stereocenters. The largest absolute Gasteiger partial charge is 0.511 e. The van der Waals surface area contributed by atoms with E-state index in [9.17, 15) is 9.59 Å². The van der Waals surface area contributed by atoms with Crippen LogP contribution in [0.15, 0.2) is 0 Å². The van der Waals surface area contributed by atoms with Crippen LogP contribution in [0.1, 0.15) is 0 Å². The summed E-state index contributed by atoms with van der Waals surface area (Å²) in [6.07, 6.45) is -1.95. The van der Waals surface area contributed by atoms with Crippen LogP contribution in [0.2, 0.25) is 0 Å². The van der Waals surface area contributed by atoms with Crippen molar-refractivity contribution in [2.45, 2.75) is 0 Å². The van der Waals surface area contributed by atoms with Gasteiger partial charge < -0.3 is 37.9 Å². The second-order valence-corrected chi connectivity index (χ2v) is 3.81. The van der Waals surface area contributed by atoms with E-state index in [1.807, 2.05) is 0 Å². The van der Waals surface area contributed by atoms with Gasteiger partial charge in [0.15, 0.2) is 0 Å². The van der Waals surface area contributed by atoms with Crippen molar-refractivity contribution in [3.8, 4) is 0 Å². The van der Waals surface area contributed by atoms with Crippen LogP contribution in [-0.2, 0) is 37.9 Å². The maximum Gasteiger partial charge on any atom is 0.511 e. The number of carbonyl (C=O) groups excluding carboxylic acids is 2. The standard InChI is InChI=1S/C13H24O10/c1-16-3-5-18-7-9-20-12(14)22-11-23-13(15)21-10-8-19-6-4-17-2/h3-11H2,1-2H3. The molecule has 0 aromatic rings. The average Bonchev–Trinajstić information content (AvgIpc) is 2.54. The summed E-state index contributed by atoms with van der Waals surface area (Å²) in [6.45, 7) is 1.58. The third-order valence-corrected chi connectivity index (χ3v) is 2.11. The Hall–Kier alpha value is -1.62. The smallest absolute Gasteiger partial charge is 0.432 e. The predicted octanol–water partition coefficient (Wildman–Crippen LogP) is 0.576. The fourth-order valence-corrected chi connectivity index (χ4v) is 1.07. The van der Waals surface area contributed by atoms with Crippen molar-refractivity contribution in [1.29, 1.82) is 0 Å². The fourth-order valence-electron chi connectivity index (χ4n) is 1.07. The Morgan fingerprint density at radius 2 is 0.957 bits per heavy atom. The van der Waals surface area contributed by atoms with E-state index in [1.54, 1.807) is 14.2 Å². The molecule has 23 heavy (non-hydrogen) atoms. The van der Waals surface area contributed by atoms with Crippen molar-refractivity contribution < 1.29 is 47.5 Å². The van der Waals surface area contributed by atoms with Crippen LogP contribution in [0, 0.1) is 0 Å². The van der Waals surface area contributed by atoms with E-state index in [-0.39, 0.29) is 26.4 Å². The third kappa shape index (κ3) is 16.6. The van der Waals surface area contributed by atoms with Gasteiger partial charge in [-0.2, -0.15) is 0 Å². The van der Waals surface area contributed by atoms with E-state index < -0.39 is 19.1 Å². The van der Waals surface area contributed by atoms with Gasteiger partial charge in [-0.1, -0.05) is 0 Å². The summed E-state index contributed by atoms with van der Waals surface area (Å²) in [5.41, 5.74) is 0. The van der Waals surface area contributed by atoms with Gasteiger partial charge in [0.2, 0.25) is 6.79 Å². The van der Waals surface area contributed by atoms with E-state index in [0.29, 0.717) is 26.4 Å². The summed E-state index contributed by atoms with van der Waals surface area (Å²) in [6, 6.07) is 0. The molecule has 0 fully saturated rings. The van der Waals surface area contributed by atoms with Gasteiger partial charge >= 0.3 is 12.3 Å². The molecule has 0 aromatic carbocycles. The number of carbonyl (C=O) groups is 2. The minimum atomic E-state index is -0.976. The highest BCUT2D eigenvalue weighted by Crippen LogP contribution is 1.91. The summed E-state index contributed by atoms with van der Waals surface area (Å²) < 4.78 is 37.9. The van der Waals surface area contributed by atoms with Crippen LogP contribution in [0.4, 0.5) is 9.59 Å². The second-order valence-electron chi connectivity index (χ2n) is 3.81. The van der Waals surface area contributed by atoms with E-state index >= 15 is 0 Å². The molecule has 0 aliphatic carbocycles. The first-order valence-corrected chi connectivity index (χ1v) is 6.93. The summed E-state index contributed by atoms with van der Waals surface area (Å²) in [4.78, 5) is 22.2. The van der Waals surface area contributed by atoms with Crippen LogP contribution >= 0.6 is 0 Å². The summed E-state index contributed by atoms with van der Waals surface area (Å²) >= 11 is 0. The van der Waals surface area contributed by atoms with Gasteiger partial charge in [-0.05, 0) is 0 Å². The molecule has 136 valence electrons. The van der Waals surface area contributed by atoms with Gasteiger partial charge in [0.1, 0.15) is 13.2 Å². The monoisotopic (exact) mass is 340 g/mol. The van der Waals surface area contributed by atoms with E-state index in [4.69, 9.17) is 18.9 Å². The molecule has 0 rings (SSSR count). The highest BCUT2D eigenvalue weighted by molar-refractivity contribution is 5.61. The molecule has 0 saturated carbocycles. The highest BCUT2D eigenvalue weighted by atomic mass is 16.8. The molecule has 0 N–H and O–H groups in total. The molecule has 10 heteroatoms. The lowest BCUT2D eigenvalue weighted by Crippen LogP contribution is -2.18. The van der Waals surface area contributed by atoms with Crippen LogP contribution in [0.25, 0.3) is 0 Å². The number of rotatable bonds is 14. The molecular formula is C13H24O10. The second kappa shape index (κ2) is 16.7. The molecule has 0 aliphatic rings. The van der Waals surface area contributed by atoms with Crippen molar-refractivity contribution in [1.82, 2.24) is 0 Å². The molecule has 0 saturated heterocycles. The topological polar surface area (TPSA) is 108 Å². The van der Waals surface area contributed by atoms with Crippen molar-refractivity contribution in [3.05, 3.63) is 0 Å². The van der Waals surface area contributed by atoms with Crippen LogP contribution in [-0.4, -0.2) is 86.2 Å². The van der Waals surface area contributed by atoms with Crippen molar-refractivity contribution in [2.24, 2.45) is 0 Å². The van der Waals surface area contributed by atoms with Crippen molar-refractivity contribution in [2.75, 3.05) is 73.9 Å². The van der Waals surface area contributed by atoms with Crippen LogP contribution in [0.3, 0.4) is 0 Å². The molecule has 0 spiro atoms. The van der Waals surface area contributed by atoms with Crippen molar-refractivity contribution >= 4 is 12.3 Å². The Kier molecular flexibility index (Phi) is 15.6. The van der Waals surface area contributed by atoms with E-state index in [1.165, 1.54) is 0 Å². The lowest BCUT2D eigenvalue weighted by molar-refractivity contribution is -0.0486. The van der Waals surface area contributed by atoms with E-state index in [2.05, 4.69) is 18.9 Å². The van der Waals surface area contributed by atoms with Gasteiger partial charge in [-0.3, -0.25) is 0 Å². The fraction of sp³-hybridized carbons (Fsp3) is 0.846. The lowest BCUT2D eigenvalue weighted by Gasteiger charge is -2.08. The predicted molar refractivity (Wildman–Crippen MR) is 75.1 cm³/mol. The normalized spacial score (nSPS) is 10.2. The first kappa shape index (κ1) is 21.4. The number of ether oxygens (including phenoxy) is 8. The maximum absolute atomic E-state index is 11.1. The Morgan fingerprint density at radius 3 is 1.35 bits per heavy atom. The van der Waals surface area contributed by atoms with Crippen molar-refractivity contribution in [3.63, 3.8) is 0 Å². The molecule has 0 radical (unpaired) electrons. The highest BCUT2D eigenvalue weighted by Gasteiger charge is 2.07. The lowest BCUT2D eigenvalue weighted by atomic mass is 10.7. The molecule has 0 aliphatic heterocycles. The minimum Gasteiger partial charge on any atom is -0.432 e. The minimum absolute atomic E-state index is 0.0196. The molecule has 0 atom stereocenters. The molecule has 10 nitrogen and oxygen atoms in total. The molecule has 0 heterocycles. The molecular weight excluding hydrogens is 316 g/mol. The Labute approximate surface area is 134 Å². The first-order valence-electron chi connectivity index (χ1n) is 6.93. The zero-order valence-corrected chi connectivity index (χ0v) is 13.4. The van der Waals surface area contributed by atoms with Crippen LogP contribution < -0.4 is 0 Å². The van der Waals surface area contributed by atoms with Gasteiger partial charge in [0.05, 0.1) is 39.6 Å². The number of hydrogen-bond donors (Lipinski definition) is 0. The van der Waals surface area contributed by atoms with Gasteiger partial charge in [0.25, 0.3) is 0 Å². The third-order valence-electron chi connectivity index (χ3n) is 2.11. The summed E-state index contributed by atoms with van der Waals surface area (Å²) in [5.74, 6) is 0. The maximum atomic E-state index is 11.1. The molecule has 0 bridgehead atoms. The Balaban J connectivity index is 3.33. The SMILES string of the molecule is COCCOCCOC(=O)OCOC(=O)OCCOCCOC.